The minimum absolute atomic E-state index is 0.102. The highest BCUT2D eigenvalue weighted by Gasteiger charge is 2.24. The number of hydrogen-bond donors (Lipinski definition) is 0. The van der Waals surface area contributed by atoms with E-state index in [2.05, 4.69) is 10.1 Å². The molecule has 136 valence electrons. The average Bonchev–Trinajstić information content (AvgIpc) is 3.35. The van der Waals surface area contributed by atoms with E-state index in [9.17, 15) is 4.79 Å². The maximum atomic E-state index is 13.0. The number of carbonyl (C=O) groups is 1. The zero-order valence-corrected chi connectivity index (χ0v) is 15.5. The minimum Gasteiger partial charge on any atom is -0.451 e. The van der Waals surface area contributed by atoms with E-state index in [1.165, 1.54) is 6.33 Å². The van der Waals surface area contributed by atoms with E-state index in [-0.39, 0.29) is 11.9 Å². The Morgan fingerprint density at radius 1 is 1.15 bits per heavy atom. The fraction of sp³-hybridized carbons (Fsp3) is 0.190. The first-order valence-corrected chi connectivity index (χ1v) is 8.76. The van der Waals surface area contributed by atoms with Crippen LogP contribution < -0.4 is 0 Å². The Morgan fingerprint density at radius 3 is 2.56 bits per heavy atom. The van der Waals surface area contributed by atoms with Gasteiger partial charge in [0.05, 0.1) is 11.7 Å². The van der Waals surface area contributed by atoms with Crippen LogP contribution in [0.25, 0.3) is 16.7 Å². The fourth-order valence-electron chi connectivity index (χ4n) is 3.19. The normalized spacial score (nSPS) is 12.3. The molecular formula is C21H20N4O2. The van der Waals surface area contributed by atoms with Crippen molar-refractivity contribution in [2.75, 3.05) is 7.05 Å². The Bertz CT molecular complexity index is 1080. The number of fused-ring (bicyclic) bond motifs is 1. The highest BCUT2D eigenvalue weighted by Crippen LogP contribution is 2.28. The highest BCUT2D eigenvalue weighted by atomic mass is 16.3. The minimum atomic E-state index is -0.128. The van der Waals surface area contributed by atoms with Crippen molar-refractivity contribution >= 4 is 16.9 Å². The van der Waals surface area contributed by atoms with Crippen LogP contribution in [0.5, 0.6) is 0 Å². The third kappa shape index (κ3) is 2.99. The van der Waals surface area contributed by atoms with Crippen molar-refractivity contribution in [3.8, 4) is 5.69 Å². The molecule has 0 spiro atoms. The van der Waals surface area contributed by atoms with Gasteiger partial charge >= 0.3 is 0 Å². The molecule has 6 nitrogen and oxygen atoms in total. The highest BCUT2D eigenvalue weighted by molar-refractivity contribution is 5.99. The SMILES string of the molecule is Cc1c(C(=O)N(C)[C@@H](C)c2ccc(-n3cncn3)cc2)oc2ccccc12. The average molecular weight is 360 g/mol. The Morgan fingerprint density at radius 2 is 1.89 bits per heavy atom. The van der Waals surface area contributed by atoms with Crippen molar-refractivity contribution in [2.45, 2.75) is 19.9 Å². The van der Waals surface area contributed by atoms with Gasteiger partial charge in [-0.15, -0.1) is 0 Å². The second-order valence-corrected chi connectivity index (χ2v) is 6.58. The third-order valence-corrected chi connectivity index (χ3v) is 5.00. The monoisotopic (exact) mass is 360 g/mol. The van der Waals surface area contributed by atoms with Gasteiger partial charge in [-0.05, 0) is 37.6 Å². The zero-order valence-electron chi connectivity index (χ0n) is 15.5. The quantitative estimate of drug-likeness (QED) is 0.548. The van der Waals surface area contributed by atoms with E-state index in [0.29, 0.717) is 5.76 Å². The van der Waals surface area contributed by atoms with Gasteiger partial charge in [-0.25, -0.2) is 9.67 Å². The molecule has 4 rings (SSSR count). The van der Waals surface area contributed by atoms with Gasteiger partial charge in [0, 0.05) is 18.0 Å². The molecule has 2 aromatic carbocycles. The second-order valence-electron chi connectivity index (χ2n) is 6.58. The Kier molecular flexibility index (Phi) is 4.24. The predicted molar refractivity (Wildman–Crippen MR) is 103 cm³/mol. The van der Waals surface area contributed by atoms with Crippen LogP contribution in [0.2, 0.25) is 0 Å². The standard InChI is InChI=1S/C21H20N4O2/c1-14-18-6-4-5-7-19(18)27-20(14)21(26)24(3)15(2)16-8-10-17(11-9-16)25-13-22-12-23-25/h4-13,15H,1-3H3/t15-/m0/s1. The molecule has 0 radical (unpaired) electrons. The number of para-hydroxylation sites is 1. The van der Waals surface area contributed by atoms with Crippen LogP contribution in [0.15, 0.2) is 65.6 Å². The first-order valence-electron chi connectivity index (χ1n) is 8.76. The largest absolute Gasteiger partial charge is 0.451 e. The predicted octanol–water partition coefficient (Wildman–Crippen LogP) is 4.16. The molecule has 1 amide bonds. The van der Waals surface area contributed by atoms with Gasteiger partial charge in [-0.1, -0.05) is 30.3 Å². The molecule has 0 aliphatic heterocycles. The van der Waals surface area contributed by atoms with Crippen LogP contribution in [0, 0.1) is 6.92 Å². The second kappa shape index (κ2) is 6.72. The number of aromatic nitrogens is 3. The summed E-state index contributed by atoms with van der Waals surface area (Å²) in [4.78, 5) is 18.7. The molecule has 1 atom stereocenters. The number of aryl methyl sites for hydroxylation is 1. The van der Waals surface area contributed by atoms with Crippen molar-refractivity contribution in [3.05, 3.63) is 78.1 Å². The van der Waals surface area contributed by atoms with Gasteiger partial charge < -0.3 is 9.32 Å². The topological polar surface area (TPSA) is 64.2 Å². The summed E-state index contributed by atoms with van der Waals surface area (Å²) >= 11 is 0. The maximum absolute atomic E-state index is 13.0. The summed E-state index contributed by atoms with van der Waals surface area (Å²) in [5.41, 5.74) is 3.56. The van der Waals surface area contributed by atoms with Crippen LogP contribution in [0.3, 0.4) is 0 Å². The molecule has 0 saturated heterocycles. The molecule has 2 aromatic heterocycles. The van der Waals surface area contributed by atoms with Gasteiger partial charge in [0.2, 0.25) is 0 Å². The Labute approximate surface area is 157 Å². The van der Waals surface area contributed by atoms with Crippen LogP contribution in [-0.2, 0) is 0 Å². The molecule has 0 aliphatic rings. The van der Waals surface area contributed by atoms with Gasteiger partial charge in [-0.3, -0.25) is 4.79 Å². The number of carbonyl (C=O) groups excluding carboxylic acids is 1. The Hall–Kier alpha value is -3.41. The number of nitrogens with zero attached hydrogens (tertiary/aromatic N) is 4. The number of amides is 1. The summed E-state index contributed by atoms with van der Waals surface area (Å²) in [5, 5.41) is 5.09. The third-order valence-electron chi connectivity index (χ3n) is 5.00. The van der Waals surface area contributed by atoms with E-state index in [0.717, 1.165) is 27.8 Å². The maximum Gasteiger partial charge on any atom is 0.290 e. The molecule has 0 fully saturated rings. The molecular weight excluding hydrogens is 340 g/mol. The molecule has 0 bridgehead atoms. The summed E-state index contributed by atoms with van der Waals surface area (Å²) in [6.45, 7) is 3.92. The lowest BCUT2D eigenvalue weighted by molar-refractivity contribution is 0.0712. The molecule has 0 saturated carbocycles. The van der Waals surface area contributed by atoms with E-state index in [1.54, 1.807) is 23.0 Å². The molecule has 0 N–H and O–H groups in total. The number of furan rings is 1. The van der Waals surface area contributed by atoms with Crippen LogP contribution in [-0.4, -0.2) is 32.6 Å². The first-order chi connectivity index (χ1) is 13.1. The summed E-state index contributed by atoms with van der Waals surface area (Å²) in [5.74, 6) is 0.265. The molecule has 2 heterocycles. The number of benzene rings is 2. The van der Waals surface area contributed by atoms with Crippen molar-refractivity contribution in [3.63, 3.8) is 0 Å². The smallest absolute Gasteiger partial charge is 0.290 e. The van der Waals surface area contributed by atoms with Gasteiger partial charge in [0.15, 0.2) is 5.76 Å². The van der Waals surface area contributed by atoms with E-state index < -0.39 is 0 Å². The zero-order chi connectivity index (χ0) is 19.0. The number of hydrogen-bond acceptors (Lipinski definition) is 4. The first kappa shape index (κ1) is 17.0. The van der Waals surface area contributed by atoms with Crippen molar-refractivity contribution in [1.29, 1.82) is 0 Å². The van der Waals surface area contributed by atoms with Crippen molar-refractivity contribution < 1.29 is 9.21 Å². The molecule has 27 heavy (non-hydrogen) atoms. The lowest BCUT2D eigenvalue weighted by Gasteiger charge is -2.25. The molecule has 4 aromatic rings. The fourth-order valence-corrected chi connectivity index (χ4v) is 3.19. The van der Waals surface area contributed by atoms with Gasteiger partial charge in [0.1, 0.15) is 18.2 Å². The van der Waals surface area contributed by atoms with Gasteiger partial charge in [-0.2, -0.15) is 5.10 Å². The molecule has 0 unspecified atom stereocenters. The van der Waals surface area contributed by atoms with E-state index in [1.807, 2.05) is 62.4 Å². The van der Waals surface area contributed by atoms with E-state index >= 15 is 0 Å². The van der Waals surface area contributed by atoms with Crippen LogP contribution >= 0.6 is 0 Å². The summed E-state index contributed by atoms with van der Waals surface area (Å²) in [6.07, 6.45) is 3.15. The molecule has 0 aliphatic carbocycles. The lowest BCUT2D eigenvalue weighted by Crippen LogP contribution is -2.29. The number of rotatable bonds is 4. The van der Waals surface area contributed by atoms with Crippen LogP contribution in [0.4, 0.5) is 0 Å². The summed E-state index contributed by atoms with van der Waals surface area (Å²) in [7, 11) is 1.80. The molecule has 6 heteroatoms. The summed E-state index contributed by atoms with van der Waals surface area (Å²) in [6, 6.07) is 15.5. The van der Waals surface area contributed by atoms with Crippen molar-refractivity contribution in [2.24, 2.45) is 0 Å². The lowest BCUT2D eigenvalue weighted by atomic mass is 10.1. The van der Waals surface area contributed by atoms with Crippen molar-refractivity contribution in [1.82, 2.24) is 19.7 Å². The van der Waals surface area contributed by atoms with Crippen LogP contribution in [0.1, 0.15) is 34.6 Å². The van der Waals surface area contributed by atoms with E-state index in [4.69, 9.17) is 4.42 Å². The van der Waals surface area contributed by atoms with Gasteiger partial charge in [0.25, 0.3) is 5.91 Å². The summed E-state index contributed by atoms with van der Waals surface area (Å²) < 4.78 is 7.52. The Balaban J connectivity index is 1.58.